The Labute approximate surface area is 92.2 Å². The average molecular weight is 216 g/mol. The van der Waals surface area contributed by atoms with E-state index in [2.05, 4.69) is 26.1 Å². The maximum atomic E-state index is 11.3. The van der Waals surface area contributed by atoms with Crippen molar-refractivity contribution in [1.82, 2.24) is 5.32 Å². The molecule has 1 amide bonds. The lowest BCUT2D eigenvalue weighted by Gasteiger charge is -2.22. The molecule has 15 heavy (non-hydrogen) atoms. The van der Waals surface area contributed by atoms with Gasteiger partial charge in [-0.15, -0.1) is 0 Å². The predicted octanol–water partition coefficient (Wildman–Crippen LogP) is 0.637. The fourth-order valence-corrected chi connectivity index (χ4v) is 1.43. The van der Waals surface area contributed by atoms with Gasteiger partial charge in [-0.3, -0.25) is 4.79 Å². The Balaban J connectivity index is 3.77. The number of rotatable bonds is 5. The SMILES string of the molecule is C[C@@H](O)CNC(=O)CC(N)CC(C)(C)C. The van der Waals surface area contributed by atoms with E-state index in [1.807, 2.05) is 0 Å². The highest BCUT2D eigenvalue weighted by atomic mass is 16.3. The second-order valence-electron chi connectivity index (χ2n) is 5.38. The molecule has 0 radical (unpaired) electrons. The second kappa shape index (κ2) is 6.08. The van der Waals surface area contributed by atoms with Gasteiger partial charge in [-0.1, -0.05) is 20.8 Å². The van der Waals surface area contributed by atoms with Gasteiger partial charge in [0.05, 0.1) is 6.10 Å². The fraction of sp³-hybridized carbons (Fsp3) is 0.909. The molecule has 0 aromatic rings. The zero-order valence-corrected chi connectivity index (χ0v) is 10.2. The van der Waals surface area contributed by atoms with Crippen LogP contribution in [0.3, 0.4) is 0 Å². The minimum atomic E-state index is -0.507. The molecular weight excluding hydrogens is 192 g/mol. The van der Waals surface area contributed by atoms with E-state index >= 15 is 0 Å². The number of nitrogens with two attached hydrogens (primary N) is 1. The Morgan fingerprint density at radius 1 is 1.47 bits per heavy atom. The molecule has 0 aromatic heterocycles. The van der Waals surface area contributed by atoms with Gasteiger partial charge in [0.1, 0.15) is 0 Å². The van der Waals surface area contributed by atoms with Crippen molar-refractivity contribution in [3.8, 4) is 0 Å². The van der Waals surface area contributed by atoms with Crippen molar-refractivity contribution in [3.63, 3.8) is 0 Å². The lowest BCUT2D eigenvalue weighted by atomic mass is 9.87. The molecule has 0 spiro atoms. The molecule has 0 saturated carbocycles. The van der Waals surface area contributed by atoms with Gasteiger partial charge in [0.15, 0.2) is 0 Å². The molecule has 0 fully saturated rings. The molecule has 1 unspecified atom stereocenters. The number of aliphatic hydroxyl groups is 1. The van der Waals surface area contributed by atoms with Gasteiger partial charge < -0.3 is 16.2 Å². The summed E-state index contributed by atoms with van der Waals surface area (Å²) in [6.45, 7) is 8.22. The lowest BCUT2D eigenvalue weighted by Crippen LogP contribution is -2.36. The minimum Gasteiger partial charge on any atom is -0.392 e. The van der Waals surface area contributed by atoms with Crippen LogP contribution in [0.4, 0.5) is 0 Å². The molecule has 90 valence electrons. The smallest absolute Gasteiger partial charge is 0.221 e. The van der Waals surface area contributed by atoms with Crippen molar-refractivity contribution >= 4 is 5.91 Å². The molecule has 0 aromatic carbocycles. The Morgan fingerprint density at radius 3 is 2.40 bits per heavy atom. The quantitative estimate of drug-likeness (QED) is 0.631. The van der Waals surface area contributed by atoms with E-state index in [9.17, 15) is 4.79 Å². The third-order valence-corrected chi connectivity index (χ3v) is 1.92. The van der Waals surface area contributed by atoms with Crippen LogP contribution in [0.1, 0.15) is 40.5 Å². The van der Waals surface area contributed by atoms with Crippen LogP contribution in [0.15, 0.2) is 0 Å². The summed E-state index contributed by atoms with van der Waals surface area (Å²) in [4.78, 5) is 11.3. The number of carbonyl (C=O) groups excluding carboxylic acids is 1. The standard InChI is InChI=1S/C11H24N2O2/c1-8(14)7-13-10(15)5-9(12)6-11(2,3)4/h8-9,14H,5-7,12H2,1-4H3,(H,13,15)/t8-,9?/m1/s1. The lowest BCUT2D eigenvalue weighted by molar-refractivity contribution is -0.121. The molecule has 4 nitrogen and oxygen atoms in total. The highest BCUT2D eigenvalue weighted by Gasteiger charge is 2.17. The number of hydrogen-bond acceptors (Lipinski definition) is 3. The van der Waals surface area contributed by atoms with Crippen molar-refractivity contribution in [3.05, 3.63) is 0 Å². The first-order valence-electron chi connectivity index (χ1n) is 5.41. The van der Waals surface area contributed by atoms with Crippen molar-refractivity contribution in [2.45, 2.75) is 52.7 Å². The fourth-order valence-electron chi connectivity index (χ4n) is 1.43. The summed E-state index contributed by atoms with van der Waals surface area (Å²) in [5.74, 6) is -0.0901. The molecule has 0 aliphatic carbocycles. The molecule has 0 heterocycles. The molecular formula is C11H24N2O2. The molecule has 2 atom stereocenters. The van der Waals surface area contributed by atoms with Gasteiger partial charge in [0.2, 0.25) is 5.91 Å². The third kappa shape index (κ3) is 9.69. The number of amides is 1. The van der Waals surface area contributed by atoms with Crippen LogP contribution < -0.4 is 11.1 Å². The summed E-state index contributed by atoms with van der Waals surface area (Å²) < 4.78 is 0. The van der Waals surface area contributed by atoms with Gasteiger partial charge in [-0.25, -0.2) is 0 Å². The van der Waals surface area contributed by atoms with Crippen LogP contribution in [-0.2, 0) is 4.79 Å². The Kier molecular flexibility index (Phi) is 5.83. The maximum Gasteiger partial charge on any atom is 0.221 e. The van der Waals surface area contributed by atoms with Gasteiger partial charge in [-0.05, 0) is 18.8 Å². The largest absolute Gasteiger partial charge is 0.392 e. The first-order chi connectivity index (χ1) is 6.70. The Bertz CT molecular complexity index is 197. The highest BCUT2D eigenvalue weighted by Crippen LogP contribution is 2.20. The van der Waals surface area contributed by atoms with Crippen molar-refractivity contribution in [2.24, 2.45) is 11.1 Å². The second-order valence-corrected chi connectivity index (χ2v) is 5.38. The van der Waals surface area contributed by atoms with Crippen LogP contribution in [0.5, 0.6) is 0 Å². The van der Waals surface area contributed by atoms with Gasteiger partial charge >= 0.3 is 0 Å². The van der Waals surface area contributed by atoms with E-state index in [1.165, 1.54) is 0 Å². The number of carbonyl (C=O) groups is 1. The van der Waals surface area contributed by atoms with Crippen LogP contribution in [0.25, 0.3) is 0 Å². The summed E-state index contributed by atoms with van der Waals surface area (Å²) in [5, 5.41) is 11.6. The molecule has 0 bridgehead atoms. The van der Waals surface area contributed by atoms with Crippen molar-refractivity contribution in [1.29, 1.82) is 0 Å². The van der Waals surface area contributed by atoms with Crippen LogP contribution in [-0.4, -0.2) is 29.7 Å². The molecule has 0 aliphatic rings. The van der Waals surface area contributed by atoms with Crippen LogP contribution in [0, 0.1) is 5.41 Å². The van der Waals surface area contributed by atoms with E-state index in [0.717, 1.165) is 6.42 Å². The summed E-state index contributed by atoms with van der Waals surface area (Å²) >= 11 is 0. The summed E-state index contributed by atoms with van der Waals surface area (Å²) in [7, 11) is 0. The highest BCUT2D eigenvalue weighted by molar-refractivity contribution is 5.76. The molecule has 0 saturated heterocycles. The van der Waals surface area contributed by atoms with E-state index in [-0.39, 0.29) is 17.4 Å². The van der Waals surface area contributed by atoms with Gasteiger partial charge in [0.25, 0.3) is 0 Å². The third-order valence-electron chi connectivity index (χ3n) is 1.92. The summed E-state index contributed by atoms with van der Waals surface area (Å²) in [5.41, 5.74) is 5.99. The topological polar surface area (TPSA) is 75.3 Å². The maximum absolute atomic E-state index is 11.3. The average Bonchev–Trinajstić information content (AvgIpc) is 1.96. The Hall–Kier alpha value is -0.610. The number of hydrogen-bond donors (Lipinski definition) is 3. The molecule has 0 rings (SSSR count). The molecule has 4 heteroatoms. The number of aliphatic hydroxyl groups excluding tert-OH is 1. The van der Waals surface area contributed by atoms with E-state index < -0.39 is 6.10 Å². The predicted molar refractivity (Wildman–Crippen MR) is 61.4 cm³/mol. The van der Waals surface area contributed by atoms with Crippen LogP contribution in [0.2, 0.25) is 0 Å². The zero-order valence-electron chi connectivity index (χ0n) is 10.2. The monoisotopic (exact) mass is 216 g/mol. The van der Waals surface area contributed by atoms with E-state index in [4.69, 9.17) is 10.8 Å². The first-order valence-corrected chi connectivity index (χ1v) is 5.41. The zero-order chi connectivity index (χ0) is 12.1. The molecule has 4 N–H and O–H groups in total. The van der Waals surface area contributed by atoms with Crippen LogP contribution >= 0.6 is 0 Å². The van der Waals surface area contributed by atoms with E-state index in [1.54, 1.807) is 6.92 Å². The van der Waals surface area contributed by atoms with E-state index in [0.29, 0.717) is 13.0 Å². The van der Waals surface area contributed by atoms with Gasteiger partial charge in [0, 0.05) is 19.0 Å². The van der Waals surface area contributed by atoms with Crippen molar-refractivity contribution in [2.75, 3.05) is 6.54 Å². The summed E-state index contributed by atoms with van der Waals surface area (Å²) in [6.07, 6.45) is 0.631. The molecule has 0 aliphatic heterocycles. The normalized spacial score (nSPS) is 15.9. The van der Waals surface area contributed by atoms with Gasteiger partial charge in [-0.2, -0.15) is 0 Å². The minimum absolute atomic E-state index is 0.0901. The first kappa shape index (κ1) is 14.4. The Morgan fingerprint density at radius 2 is 2.00 bits per heavy atom. The summed E-state index contributed by atoms with van der Waals surface area (Å²) in [6, 6.07) is -0.112. The van der Waals surface area contributed by atoms with Crippen molar-refractivity contribution < 1.29 is 9.90 Å². The number of nitrogens with one attached hydrogen (secondary N) is 1.